The molecule has 0 amide bonds. The van der Waals surface area contributed by atoms with Crippen LogP contribution in [0, 0.1) is 0 Å². The molecule has 238 valence electrons. The van der Waals surface area contributed by atoms with Gasteiger partial charge in [-0.05, 0) is 42.5 Å². The van der Waals surface area contributed by atoms with E-state index in [1.54, 1.807) is 23.5 Å². The SMILES string of the molecule is [2H]c1c([2H])c([2H])c(-c2nc(-c3ccc4c(c3)oc3c(-n5c6ccccc6c6c7c(ccc65)sc5ccccc57)cccc34)nc(-c3c([2H])c([2H])c([2H])c([2H])c3[2H])n2)c([2H])c1[2H]. The van der Waals surface area contributed by atoms with Crippen LogP contribution in [0.15, 0.2) is 162 Å². The van der Waals surface area contributed by atoms with Crippen molar-refractivity contribution in [2.75, 3.05) is 0 Å². The zero-order valence-corrected chi connectivity index (χ0v) is 27.2. The van der Waals surface area contributed by atoms with Gasteiger partial charge in [0.25, 0.3) is 0 Å². The third kappa shape index (κ3) is 4.30. The molecule has 0 bridgehead atoms. The highest BCUT2D eigenvalue weighted by atomic mass is 32.1. The number of hydrogen-bond donors (Lipinski definition) is 0. The van der Waals surface area contributed by atoms with Crippen molar-refractivity contribution < 1.29 is 18.1 Å². The van der Waals surface area contributed by atoms with Crippen molar-refractivity contribution >= 4 is 75.3 Å². The summed E-state index contributed by atoms with van der Waals surface area (Å²) in [5.74, 6) is -0.722. The second kappa shape index (κ2) is 10.9. The minimum atomic E-state index is -0.613. The third-order valence-corrected chi connectivity index (χ3v) is 10.4. The first-order valence-electron chi connectivity index (χ1n) is 21.1. The van der Waals surface area contributed by atoms with Crippen LogP contribution in [0.1, 0.15) is 13.7 Å². The van der Waals surface area contributed by atoms with E-state index in [2.05, 4.69) is 74.1 Å². The van der Waals surface area contributed by atoms with E-state index in [4.69, 9.17) is 18.1 Å². The zero-order valence-electron chi connectivity index (χ0n) is 36.3. The van der Waals surface area contributed by atoms with Gasteiger partial charge in [-0.15, -0.1) is 11.3 Å². The Morgan fingerprint density at radius 3 is 1.94 bits per heavy atom. The molecular formula is C45H26N4OS. The summed E-state index contributed by atoms with van der Waals surface area (Å²) in [6.45, 7) is 0. The van der Waals surface area contributed by atoms with Crippen LogP contribution in [-0.4, -0.2) is 19.5 Å². The Morgan fingerprint density at radius 2 is 1.18 bits per heavy atom. The topological polar surface area (TPSA) is 56.7 Å². The molecule has 0 radical (unpaired) electrons. The maximum Gasteiger partial charge on any atom is 0.164 e. The van der Waals surface area contributed by atoms with Gasteiger partial charge in [0.15, 0.2) is 23.1 Å². The average Bonchev–Trinajstić information content (AvgIpc) is 3.95. The van der Waals surface area contributed by atoms with Crippen molar-refractivity contribution in [2.45, 2.75) is 0 Å². The van der Waals surface area contributed by atoms with Gasteiger partial charge < -0.3 is 8.98 Å². The average molecular weight is 681 g/mol. The molecule has 0 unspecified atom stereocenters. The molecule has 5 nitrogen and oxygen atoms in total. The van der Waals surface area contributed by atoms with Crippen molar-refractivity contribution in [1.82, 2.24) is 19.5 Å². The van der Waals surface area contributed by atoms with Crippen LogP contribution in [0.5, 0.6) is 0 Å². The molecule has 4 aromatic heterocycles. The summed E-state index contributed by atoms with van der Waals surface area (Å²) in [6.07, 6.45) is 0. The van der Waals surface area contributed by atoms with Crippen molar-refractivity contribution in [1.29, 1.82) is 0 Å². The Bertz CT molecular complexity index is 3600. The van der Waals surface area contributed by atoms with Crippen molar-refractivity contribution in [3.8, 4) is 39.9 Å². The molecule has 0 fully saturated rings. The van der Waals surface area contributed by atoms with Crippen molar-refractivity contribution in [3.63, 3.8) is 0 Å². The van der Waals surface area contributed by atoms with Gasteiger partial charge in [-0.2, -0.15) is 0 Å². The Morgan fingerprint density at radius 1 is 0.510 bits per heavy atom. The summed E-state index contributed by atoms with van der Waals surface area (Å²) < 4.78 is 95.6. The molecule has 6 heteroatoms. The van der Waals surface area contributed by atoms with Crippen LogP contribution in [-0.2, 0) is 0 Å². The smallest absolute Gasteiger partial charge is 0.164 e. The molecule has 0 spiro atoms. The van der Waals surface area contributed by atoms with E-state index in [0.29, 0.717) is 16.7 Å². The quantitative estimate of drug-likeness (QED) is 0.186. The number of aromatic nitrogens is 4. The Balaban J connectivity index is 1.15. The van der Waals surface area contributed by atoms with E-state index in [9.17, 15) is 0 Å². The van der Waals surface area contributed by atoms with Gasteiger partial charge in [-0.3, -0.25) is 0 Å². The molecule has 0 aliphatic heterocycles. The van der Waals surface area contributed by atoms with Crippen LogP contribution in [0.3, 0.4) is 0 Å². The monoisotopic (exact) mass is 680 g/mol. The van der Waals surface area contributed by atoms with Crippen LogP contribution >= 0.6 is 11.3 Å². The third-order valence-electron chi connectivity index (χ3n) is 9.24. The Kier molecular flexibility index (Phi) is 4.32. The summed E-state index contributed by atoms with van der Waals surface area (Å²) in [7, 11) is 0. The van der Waals surface area contributed by atoms with E-state index >= 15 is 0 Å². The first-order valence-corrected chi connectivity index (χ1v) is 16.9. The maximum absolute atomic E-state index is 8.67. The fourth-order valence-corrected chi connectivity index (χ4v) is 8.20. The molecule has 51 heavy (non-hydrogen) atoms. The fraction of sp³-hybridized carbons (Fsp3) is 0. The molecule has 7 aromatic carbocycles. The second-order valence-corrected chi connectivity index (χ2v) is 13.1. The lowest BCUT2D eigenvalue weighted by atomic mass is 10.1. The van der Waals surface area contributed by atoms with E-state index in [1.807, 2.05) is 30.3 Å². The highest BCUT2D eigenvalue weighted by molar-refractivity contribution is 7.26. The normalized spacial score (nSPS) is 14.7. The summed E-state index contributed by atoms with van der Waals surface area (Å²) in [5, 5.41) is 6.31. The Hall–Kier alpha value is -6.63. The number of fused-ring (bicyclic) bond motifs is 10. The molecule has 0 saturated carbocycles. The van der Waals surface area contributed by atoms with Gasteiger partial charge in [-0.1, -0.05) is 115 Å². The molecule has 0 aliphatic rings. The lowest BCUT2D eigenvalue weighted by molar-refractivity contribution is 0.666. The number of rotatable bonds is 4. The molecule has 11 rings (SSSR count). The molecule has 0 saturated heterocycles. The standard InChI is InChI=1S/C45H26N4OS/c1-3-12-27(13-4-1)43-46-44(28-14-5-2-6-15-28)48-45(47-43)29-22-23-30-31-18-11-20-36(42(31)50-37(30)26-29)49-34-19-9-7-16-32(34)40-35(49)24-25-39-41(40)33-17-8-10-21-38(33)51-39/h1-26H/i1D,2D,3D,4D,5D,6D,12D,13D,14D,15D. The van der Waals surface area contributed by atoms with Crippen LogP contribution in [0.2, 0.25) is 0 Å². The highest BCUT2D eigenvalue weighted by Crippen LogP contribution is 2.44. The molecule has 0 aliphatic carbocycles. The summed E-state index contributed by atoms with van der Waals surface area (Å²) in [6, 6.07) is 26.5. The van der Waals surface area contributed by atoms with Gasteiger partial charge in [0.05, 0.1) is 30.4 Å². The fourth-order valence-electron chi connectivity index (χ4n) is 7.08. The minimum Gasteiger partial charge on any atom is -0.454 e. The first-order chi connectivity index (χ1) is 29.4. The van der Waals surface area contributed by atoms with E-state index in [0.717, 1.165) is 38.3 Å². The highest BCUT2D eigenvalue weighted by Gasteiger charge is 2.21. The summed E-state index contributed by atoms with van der Waals surface area (Å²) in [5.41, 5.74) is 3.67. The van der Waals surface area contributed by atoms with Gasteiger partial charge in [0, 0.05) is 58.4 Å². The number of benzene rings is 7. The summed E-state index contributed by atoms with van der Waals surface area (Å²) in [4.78, 5) is 13.6. The molecule has 4 heterocycles. The number of furan rings is 1. The van der Waals surface area contributed by atoms with Gasteiger partial charge in [-0.25, -0.2) is 15.0 Å². The lowest BCUT2D eigenvalue weighted by Gasteiger charge is -2.08. The van der Waals surface area contributed by atoms with Crippen molar-refractivity contribution in [3.05, 3.63) is 157 Å². The van der Waals surface area contributed by atoms with E-state index in [-0.39, 0.29) is 28.6 Å². The zero-order chi connectivity index (χ0) is 42.2. The predicted octanol–water partition coefficient (Wildman–Crippen LogP) is 12.2. The maximum atomic E-state index is 8.67. The summed E-state index contributed by atoms with van der Waals surface area (Å²) >= 11 is 1.77. The van der Waals surface area contributed by atoms with E-state index in [1.165, 1.54) is 20.2 Å². The first kappa shape index (κ1) is 20.1. The van der Waals surface area contributed by atoms with E-state index < -0.39 is 60.4 Å². The lowest BCUT2D eigenvalue weighted by Crippen LogP contribution is -2.00. The molecule has 11 aromatic rings. The molecule has 0 N–H and O–H groups in total. The van der Waals surface area contributed by atoms with Crippen LogP contribution in [0.25, 0.3) is 104 Å². The molecular weight excluding hydrogens is 645 g/mol. The molecule has 0 atom stereocenters. The minimum absolute atomic E-state index is 0.0457. The van der Waals surface area contributed by atoms with Gasteiger partial charge in [0.1, 0.15) is 5.58 Å². The van der Waals surface area contributed by atoms with Gasteiger partial charge in [0.2, 0.25) is 0 Å². The van der Waals surface area contributed by atoms with Crippen LogP contribution in [0.4, 0.5) is 0 Å². The second-order valence-electron chi connectivity index (χ2n) is 12.1. The largest absolute Gasteiger partial charge is 0.454 e. The predicted molar refractivity (Wildman–Crippen MR) is 211 cm³/mol. The van der Waals surface area contributed by atoms with Crippen LogP contribution < -0.4 is 0 Å². The number of hydrogen-bond acceptors (Lipinski definition) is 5. The van der Waals surface area contributed by atoms with Gasteiger partial charge >= 0.3 is 0 Å². The number of thiophene rings is 1. The van der Waals surface area contributed by atoms with Crippen molar-refractivity contribution in [2.24, 2.45) is 0 Å². The Labute approximate surface area is 309 Å². The number of para-hydroxylation sites is 2. The number of nitrogens with zero attached hydrogens (tertiary/aromatic N) is 4.